The Kier molecular flexibility index (Phi) is 3.74. The maximum Gasteiger partial charge on any atom is 0.416 e. The number of nitrogens with one attached hydrogen (secondary N) is 1. The van der Waals surface area contributed by atoms with Crippen LogP contribution in [0.3, 0.4) is 0 Å². The molecule has 0 saturated carbocycles. The van der Waals surface area contributed by atoms with Gasteiger partial charge in [0.05, 0.1) is 11.6 Å². The van der Waals surface area contributed by atoms with Crippen LogP contribution in [0.15, 0.2) is 42.5 Å². The molecule has 2 aromatic carbocycles. The van der Waals surface area contributed by atoms with Crippen molar-refractivity contribution in [1.82, 2.24) is 5.32 Å². The summed E-state index contributed by atoms with van der Waals surface area (Å²) in [5, 5.41) is 3.09. The van der Waals surface area contributed by atoms with Crippen molar-refractivity contribution in [3.05, 3.63) is 70.3 Å². The Labute approximate surface area is 126 Å². The van der Waals surface area contributed by atoms with Gasteiger partial charge in [-0.25, -0.2) is 0 Å². The van der Waals surface area contributed by atoms with Gasteiger partial charge >= 0.3 is 6.18 Å². The van der Waals surface area contributed by atoms with Crippen LogP contribution in [0.1, 0.15) is 33.9 Å². The lowest BCUT2D eigenvalue weighted by Crippen LogP contribution is -2.12. The Bertz CT molecular complexity index is 692. The lowest BCUT2D eigenvalue weighted by molar-refractivity contribution is -0.137. The van der Waals surface area contributed by atoms with E-state index in [-0.39, 0.29) is 6.04 Å². The van der Waals surface area contributed by atoms with Gasteiger partial charge in [0.25, 0.3) is 0 Å². The molecule has 1 aliphatic rings. The van der Waals surface area contributed by atoms with Crippen LogP contribution in [0.4, 0.5) is 13.2 Å². The largest absolute Gasteiger partial charge is 0.416 e. The third kappa shape index (κ3) is 2.90. The number of carbonyl (C=O) groups excluding carboxylic acids is 1. The van der Waals surface area contributed by atoms with Gasteiger partial charge in [-0.1, -0.05) is 30.3 Å². The third-order valence-corrected chi connectivity index (χ3v) is 3.88. The zero-order valence-corrected chi connectivity index (χ0v) is 11.7. The molecule has 0 amide bonds. The Morgan fingerprint density at radius 1 is 1.09 bits per heavy atom. The number of hydrogen-bond acceptors (Lipinski definition) is 2. The lowest BCUT2D eigenvalue weighted by Gasteiger charge is -2.09. The molecular formula is C17H14F3NO. The maximum atomic E-state index is 12.5. The highest BCUT2D eigenvalue weighted by molar-refractivity contribution is 5.64. The maximum absolute atomic E-state index is 12.5. The van der Waals surface area contributed by atoms with E-state index in [0.29, 0.717) is 13.0 Å². The average Bonchev–Trinajstić information content (AvgIpc) is 2.89. The molecule has 1 heterocycles. The van der Waals surface area contributed by atoms with Crippen molar-refractivity contribution in [2.75, 3.05) is 0 Å². The van der Waals surface area contributed by atoms with Gasteiger partial charge in [0.1, 0.15) is 6.29 Å². The molecule has 0 radical (unpaired) electrons. The number of rotatable bonds is 3. The molecule has 22 heavy (non-hydrogen) atoms. The van der Waals surface area contributed by atoms with Gasteiger partial charge in [-0.15, -0.1) is 0 Å². The second kappa shape index (κ2) is 5.57. The number of carbonyl (C=O) groups is 1. The quantitative estimate of drug-likeness (QED) is 0.877. The standard InChI is InChI=1S/C17H14F3NO/c18-17(19,20)14-4-1-11(2-5-14)7-12-3-6-15-13(8-12)9-21-16(15)10-22/h1-6,8,10,16,21H,7,9H2. The summed E-state index contributed by atoms with van der Waals surface area (Å²) in [6, 6.07) is 10.8. The van der Waals surface area contributed by atoms with Crippen LogP contribution in [0, 0.1) is 0 Å². The first-order chi connectivity index (χ1) is 10.5. The number of hydrogen-bond donors (Lipinski definition) is 1. The Morgan fingerprint density at radius 2 is 1.77 bits per heavy atom. The van der Waals surface area contributed by atoms with Crippen LogP contribution in [-0.4, -0.2) is 6.29 Å². The van der Waals surface area contributed by atoms with E-state index < -0.39 is 11.7 Å². The molecule has 2 nitrogen and oxygen atoms in total. The fraction of sp³-hybridized carbons (Fsp3) is 0.235. The van der Waals surface area contributed by atoms with Gasteiger partial charge in [-0.05, 0) is 40.8 Å². The predicted octanol–water partition coefficient (Wildman–Crippen LogP) is 3.64. The van der Waals surface area contributed by atoms with Crippen molar-refractivity contribution in [3.63, 3.8) is 0 Å². The van der Waals surface area contributed by atoms with E-state index in [0.717, 1.165) is 40.7 Å². The summed E-state index contributed by atoms with van der Waals surface area (Å²) in [5.41, 5.74) is 3.26. The molecule has 3 rings (SSSR count). The Hall–Kier alpha value is -2.14. The fourth-order valence-corrected chi connectivity index (χ4v) is 2.72. The van der Waals surface area contributed by atoms with Gasteiger partial charge < -0.3 is 4.79 Å². The van der Waals surface area contributed by atoms with E-state index in [1.807, 2.05) is 18.2 Å². The van der Waals surface area contributed by atoms with Crippen molar-refractivity contribution in [1.29, 1.82) is 0 Å². The highest BCUT2D eigenvalue weighted by Gasteiger charge is 2.29. The van der Waals surface area contributed by atoms with E-state index in [4.69, 9.17) is 0 Å². The molecule has 0 saturated heterocycles. The minimum absolute atomic E-state index is 0.255. The van der Waals surface area contributed by atoms with Crippen LogP contribution >= 0.6 is 0 Å². The zero-order valence-electron chi connectivity index (χ0n) is 11.7. The van der Waals surface area contributed by atoms with Crippen LogP contribution in [0.5, 0.6) is 0 Å². The summed E-state index contributed by atoms with van der Waals surface area (Å²) in [5.74, 6) is 0. The summed E-state index contributed by atoms with van der Waals surface area (Å²) in [6.45, 7) is 0.638. The highest BCUT2D eigenvalue weighted by atomic mass is 19.4. The molecule has 0 aromatic heterocycles. The second-order valence-corrected chi connectivity index (χ2v) is 5.40. The number of halogens is 3. The molecule has 1 aliphatic heterocycles. The van der Waals surface area contributed by atoms with Gasteiger partial charge in [0.15, 0.2) is 0 Å². The smallest absolute Gasteiger partial charge is 0.301 e. The predicted molar refractivity (Wildman–Crippen MR) is 76.3 cm³/mol. The molecule has 114 valence electrons. The normalized spacial score (nSPS) is 17.3. The molecule has 1 unspecified atom stereocenters. The van der Waals surface area contributed by atoms with E-state index in [1.165, 1.54) is 12.1 Å². The van der Waals surface area contributed by atoms with Crippen LogP contribution in [0.2, 0.25) is 0 Å². The van der Waals surface area contributed by atoms with Gasteiger partial charge in [0.2, 0.25) is 0 Å². The third-order valence-electron chi connectivity index (χ3n) is 3.88. The number of fused-ring (bicyclic) bond motifs is 1. The average molecular weight is 305 g/mol. The summed E-state index contributed by atoms with van der Waals surface area (Å²) >= 11 is 0. The summed E-state index contributed by atoms with van der Waals surface area (Å²) in [4.78, 5) is 10.9. The first-order valence-electron chi connectivity index (χ1n) is 6.94. The van der Waals surface area contributed by atoms with Crippen molar-refractivity contribution >= 4 is 6.29 Å². The van der Waals surface area contributed by atoms with Crippen molar-refractivity contribution in [2.24, 2.45) is 0 Å². The number of aldehydes is 1. The topological polar surface area (TPSA) is 29.1 Å². The number of benzene rings is 2. The summed E-state index contributed by atoms with van der Waals surface area (Å²) < 4.78 is 37.6. The molecule has 1 atom stereocenters. The fourth-order valence-electron chi connectivity index (χ4n) is 2.72. The van der Waals surface area contributed by atoms with Crippen LogP contribution in [0.25, 0.3) is 0 Å². The Morgan fingerprint density at radius 3 is 2.41 bits per heavy atom. The first-order valence-corrected chi connectivity index (χ1v) is 6.94. The summed E-state index contributed by atoms with van der Waals surface area (Å²) in [7, 11) is 0. The molecule has 1 N–H and O–H groups in total. The van der Waals surface area contributed by atoms with Crippen molar-refractivity contribution in [2.45, 2.75) is 25.2 Å². The minimum Gasteiger partial charge on any atom is -0.301 e. The molecule has 2 aromatic rings. The molecule has 5 heteroatoms. The SMILES string of the molecule is O=CC1NCc2cc(Cc3ccc(C(F)(F)F)cc3)ccc21. The van der Waals surface area contributed by atoms with Crippen molar-refractivity contribution in [3.8, 4) is 0 Å². The lowest BCUT2D eigenvalue weighted by atomic mass is 9.98. The van der Waals surface area contributed by atoms with Gasteiger partial charge in [0, 0.05) is 6.54 Å². The molecule has 0 spiro atoms. The molecular weight excluding hydrogens is 291 g/mol. The molecule has 0 fully saturated rings. The summed E-state index contributed by atoms with van der Waals surface area (Å²) in [6.07, 6.45) is -2.86. The molecule has 0 bridgehead atoms. The van der Waals surface area contributed by atoms with E-state index >= 15 is 0 Å². The van der Waals surface area contributed by atoms with Crippen molar-refractivity contribution < 1.29 is 18.0 Å². The first kappa shape index (κ1) is 14.8. The van der Waals surface area contributed by atoms with E-state index in [2.05, 4.69) is 5.32 Å². The van der Waals surface area contributed by atoms with E-state index in [1.54, 1.807) is 0 Å². The highest BCUT2D eigenvalue weighted by Crippen LogP contribution is 2.30. The van der Waals surface area contributed by atoms with Crippen LogP contribution < -0.4 is 5.32 Å². The van der Waals surface area contributed by atoms with E-state index in [9.17, 15) is 18.0 Å². The van der Waals surface area contributed by atoms with Gasteiger partial charge in [-0.3, -0.25) is 5.32 Å². The molecule has 0 aliphatic carbocycles. The second-order valence-electron chi connectivity index (χ2n) is 5.40. The number of alkyl halides is 3. The van der Waals surface area contributed by atoms with Gasteiger partial charge in [-0.2, -0.15) is 13.2 Å². The minimum atomic E-state index is -4.30. The van der Waals surface area contributed by atoms with Crippen LogP contribution in [-0.2, 0) is 23.9 Å². The zero-order chi connectivity index (χ0) is 15.7. The Balaban J connectivity index is 1.78. The monoisotopic (exact) mass is 305 g/mol.